The van der Waals surface area contributed by atoms with Crippen molar-refractivity contribution < 1.29 is 4.42 Å². The third kappa shape index (κ3) is 5.87. The van der Waals surface area contributed by atoms with Gasteiger partial charge < -0.3 is 9.32 Å². The lowest BCUT2D eigenvalue weighted by molar-refractivity contribution is 0.669. The largest absolute Gasteiger partial charge is 0.456 e. The zero-order chi connectivity index (χ0) is 38.4. The van der Waals surface area contributed by atoms with Gasteiger partial charge in [-0.3, -0.25) is 0 Å². The lowest BCUT2D eigenvalue weighted by atomic mass is 9.97. The van der Waals surface area contributed by atoms with Gasteiger partial charge >= 0.3 is 0 Å². The van der Waals surface area contributed by atoms with Crippen LogP contribution in [0.15, 0.2) is 217 Å². The number of para-hydroxylation sites is 2. The monoisotopic (exact) mass is 741 g/mol. The topological polar surface area (TPSA) is 42.2 Å². The van der Waals surface area contributed by atoms with Crippen LogP contribution in [0.1, 0.15) is 0 Å². The number of nitrogens with zero attached hydrogens (tertiary/aromatic N) is 3. The second-order valence-electron chi connectivity index (χ2n) is 14.6. The van der Waals surface area contributed by atoms with Gasteiger partial charge in [-0.15, -0.1) is 0 Å². The van der Waals surface area contributed by atoms with Gasteiger partial charge in [0.1, 0.15) is 11.2 Å². The molecule has 272 valence electrons. The summed E-state index contributed by atoms with van der Waals surface area (Å²) in [5.74, 6) is 0. The molecule has 0 bridgehead atoms. The fourth-order valence-corrected chi connectivity index (χ4v) is 8.26. The molecule has 9 aromatic carbocycles. The lowest BCUT2D eigenvalue weighted by Gasteiger charge is -2.28. The van der Waals surface area contributed by atoms with Gasteiger partial charge in [0.25, 0.3) is 0 Å². The Kier molecular flexibility index (Phi) is 8.11. The standard InChI is InChI=1S/C54H35N3O/c1-4-15-36(16-5-1)39-21-14-22-40(33-39)44-23-10-12-25-49(44)57(43-29-31-47-46-24-11-13-26-50(46)58-51(47)35-43)42-28-30-45-41(34-42)27-32-48-54(45)56-53(38-19-8-3-9-20-38)52(55-48)37-17-6-2-7-18-37/h1-35H. The maximum absolute atomic E-state index is 6.46. The molecular formula is C54H35N3O. The molecule has 0 aliphatic heterocycles. The second kappa shape index (κ2) is 14.0. The van der Waals surface area contributed by atoms with Crippen LogP contribution >= 0.6 is 0 Å². The summed E-state index contributed by atoms with van der Waals surface area (Å²) in [5.41, 5.74) is 14.9. The Morgan fingerprint density at radius 2 is 0.948 bits per heavy atom. The molecule has 0 aliphatic rings. The van der Waals surface area contributed by atoms with Crippen molar-refractivity contribution in [1.82, 2.24) is 9.97 Å². The number of hydrogen-bond donors (Lipinski definition) is 0. The van der Waals surface area contributed by atoms with Gasteiger partial charge in [0, 0.05) is 50.3 Å². The average molecular weight is 742 g/mol. The molecule has 0 unspecified atom stereocenters. The minimum atomic E-state index is 0.844. The van der Waals surface area contributed by atoms with Gasteiger partial charge in [0.2, 0.25) is 0 Å². The highest BCUT2D eigenvalue weighted by Crippen LogP contribution is 2.44. The van der Waals surface area contributed by atoms with Crippen molar-refractivity contribution in [1.29, 1.82) is 0 Å². The molecule has 2 aromatic heterocycles. The van der Waals surface area contributed by atoms with Crippen molar-refractivity contribution in [2.45, 2.75) is 0 Å². The van der Waals surface area contributed by atoms with Crippen molar-refractivity contribution in [2.75, 3.05) is 4.90 Å². The van der Waals surface area contributed by atoms with Crippen LogP contribution in [-0.4, -0.2) is 9.97 Å². The summed E-state index contributed by atoms with van der Waals surface area (Å²) >= 11 is 0. The van der Waals surface area contributed by atoms with E-state index >= 15 is 0 Å². The predicted octanol–water partition coefficient (Wildman–Crippen LogP) is 14.8. The van der Waals surface area contributed by atoms with Crippen molar-refractivity contribution in [3.63, 3.8) is 0 Å². The first kappa shape index (κ1) is 33.5. The van der Waals surface area contributed by atoms with Gasteiger partial charge in [0.05, 0.1) is 28.1 Å². The summed E-state index contributed by atoms with van der Waals surface area (Å²) in [7, 11) is 0. The predicted molar refractivity (Wildman–Crippen MR) is 241 cm³/mol. The quantitative estimate of drug-likeness (QED) is 0.153. The molecule has 0 amide bonds. The average Bonchev–Trinajstić information content (AvgIpc) is 3.68. The summed E-state index contributed by atoms with van der Waals surface area (Å²) < 4.78 is 6.46. The molecule has 11 rings (SSSR count). The Bertz CT molecular complexity index is 3280. The van der Waals surface area contributed by atoms with E-state index in [1.807, 2.05) is 36.4 Å². The minimum absolute atomic E-state index is 0.844. The third-order valence-electron chi connectivity index (χ3n) is 11.0. The molecule has 0 spiro atoms. The molecule has 2 heterocycles. The van der Waals surface area contributed by atoms with Gasteiger partial charge in [0.15, 0.2) is 0 Å². The van der Waals surface area contributed by atoms with E-state index in [-0.39, 0.29) is 0 Å². The van der Waals surface area contributed by atoms with E-state index in [0.29, 0.717) is 0 Å². The van der Waals surface area contributed by atoms with E-state index in [9.17, 15) is 0 Å². The Morgan fingerprint density at radius 3 is 1.72 bits per heavy atom. The molecule has 0 fully saturated rings. The molecule has 58 heavy (non-hydrogen) atoms. The van der Waals surface area contributed by atoms with Crippen LogP contribution < -0.4 is 4.90 Å². The lowest BCUT2D eigenvalue weighted by Crippen LogP contribution is -2.11. The molecule has 0 saturated heterocycles. The summed E-state index contributed by atoms with van der Waals surface area (Å²) in [6, 6.07) is 74.4. The van der Waals surface area contributed by atoms with Gasteiger partial charge in [-0.05, 0) is 70.6 Å². The normalized spacial score (nSPS) is 11.4. The number of anilines is 3. The highest BCUT2D eigenvalue weighted by atomic mass is 16.3. The van der Waals surface area contributed by atoms with Crippen molar-refractivity contribution in [3.8, 4) is 44.8 Å². The fraction of sp³-hybridized carbons (Fsp3) is 0. The van der Waals surface area contributed by atoms with E-state index in [2.05, 4.69) is 181 Å². The van der Waals surface area contributed by atoms with Crippen LogP contribution in [-0.2, 0) is 0 Å². The zero-order valence-electron chi connectivity index (χ0n) is 31.5. The number of benzene rings is 9. The van der Waals surface area contributed by atoms with Crippen LogP contribution in [0.25, 0.3) is 88.5 Å². The second-order valence-corrected chi connectivity index (χ2v) is 14.6. The van der Waals surface area contributed by atoms with E-state index in [0.717, 1.165) is 94.4 Å². The number of hydrogen-bond acceptors (Lipinski definition) is 4. The number of aromatic nitrogens is 2. The van der Waals surface area contributed by atoms with Crippen LogP contribution in [0.3, 0.4) is 0 Å². The summed E-state index contributed by atoms with van der Waals surface area (Å²) in [6.45, 7) is 0. The summed E-state index contributed by atoms with van der Waals surface area (Å²) in [4.78, 5) is 13.0. The van der Waals surface area contributed by atoms with Crippen LogP contribution in [0.4, 0.5) is 17.1 Å². The van der Waals surface area contributed by atoms with E-state index in [1.165, 1.54) is 11.1 Å². The van der Waals surface area contributed by atoms with E-state index in [4.69, 9.17) is 14.4 Å². The Labute approximate surface area is 335 Å². The highest BCUT2D eigenvalue weighted by molar-refractivity contribution is 6.08. The molecule has 0 aliphatic carbocycles. The number of furan rings is 1. The Balaban J connectivity index is 1.11. The highest BCUT2D eigenvalue weighted by Gasteiger charge is 2.21. The van der Waals surface area contributed by atoms with Gasteiger partial charge in [-0.1, -0.05) is 158 Å². The van der Waals surface area contributed by atoms with Crippen LogP contribution in [0.2, 0.25) is 0 Å². The SMILES string of the molecule is c1ccc(-c2cccc(-c3ccccc3N(c3ccc4c(ccc5nc(-c6ccccc6)c(-c6ccccc6)nc54)c3)c3ccc4c(c3)oc3ccccc34)c2)cc1. The van der Waals surface area contributed by atoms with Crippen LogP contribution in [0, 0.1) is 0 Å². The third-order valence-corrected chi connectivity index (χ3v) is 11.0. The first-order valence-corrected chi connectivity index (χ1v) is 19.6. The Morgan fingerprint density at radius 1 is 0.362 bits per heavy atom. The Hall–Kier alpha value is -7.82. The van der Waals surface area contributed by atoms with Crippen molar-refractivity contribution >= 4 is 60.8 Å². The molecule has 0 atom stereocenters. The molecular weight excluding hydrogens is 707 g/mol. The maximum Gasteiger partial charge on any atom is 0.137 e. The van der Waals surface area contributed by atoms with E-state index in [1.54, 1.807) is 0 Å². The van der Waals surface area contributed by atoms with Gasteiger partial charge in [-0.2, -0.15) is 0 Å². The number of fused-ring (bicyclic) bond motifs is 6. The smallest absolute Gasteiger partial charge is 0.137 e. The molecule has 4 heteroatoms. The molecule has 0 saturated carbocycles. The molecule has 11 aromatic rings. The molecule has 4 nitrogen and oxygen atoms in total. The first-order valence-electron chi connectivity index (χ1n) is 19.6. The van der Waals surface area contributed by atoms with Crippen molar-refractivity contribution in [2.24, 2.45) is 0 Å². The zero-order valence-corrected chi connectivity index (χ0v) is 31.5. The fourth-order valence-electron chi connectivity index (χ4n) is 8.26. The van der Waals surface area contributed by atoms with Crippen molar-refractivity contribution in [3.05, 3.63) is 212 Å². The molecule has 0 radical (unpaired) electrons. The summed E-state index contributed by atoms with van der Waals surface area (Å²) in [5, 5.41) is 4.32. The summed E-state index contributed by atoms with van der Waals surface area (Å²) in [6.07, 6.45) is 0. The maximum atomic E-state index is 6.46. The first-order chi connectivity index (χ1) is 28.7. The van der Waals surface area contributed by atoms with Gasteiger partial charge in [-0.25, -0.2) is 9.97 Å². The van der Waals surface area contributed by atoms with Crippen LogP contribution in [0.5, 0.6) is 0 Å². The van der Waals surface area contributed by atoms with E-state index < -0.39 is 0 Å². The molecule has 0 N–H and O–H groups in total. The number of rotatable bonds is 7. The minimum Gasteiger partial charge on any atom is -0.456 e.